The Labute approximate surface area is 148 Å². The van der Waals surface area contributed by atoms with Gasteiger partial charge in [-0.3, -0.25) is 0 Å². The summed E-state index contributed by atoms with van der Waals surface area (Å²) in [4.78, 5) is 0. The zero-order valence-corrected chi connectivity index (χ0v) is 14.5. The van der Waals surface area contributed by atoms with Gasteiger partial charge in [-0.25, -0.2) is 0 Å². The van der Waals surface area contributed by atoms with Gasteiger partial charge in [-0.2, -0.15) is 0 Å². The first-order valence-electron chi connectivity index (χ1n) is 8.22. The number of benzene rings is 3. The summed E-state index contributed by atoms with van der Waals surface area (Å²) in [5, 5.41) is 9.43. The fraction of sp³-hybridized carbons (Fsp3) is 0.182. The third kappa shape index (κ3) is 3.37. The minimum absolute atomic E-state index is 0.0227. The molecule has 1 N–H and O–H groups in total. The normalized spacial score (nSPS) is 10.5. The van der Waals surface area contributed by atoms with E-state index < -0.39 is 0 Å². The first-order valence-corrected chi connectivity index (χ1v) is 8.22. The Morgan fingerprint density at radius 1 is 0.800 bits per heavy atom. The van der Waals surface area contributed by atoms with Crippen LogP contribution in [0.5, 0.6) is 11.5 Å². The quantitative estimate of drug-likeness (QED) is 0.728. The summed E-state index contributed by atoms with van der Waals surface area (Å²) >= 11 is 0. The van der Waals surface area contributed by atoms with E-state index in [4.69, 9.17) is 9.47 Å². The van der Waals surface area contributed by atoms with Gasteiger partial charge in [0.05, 0.1) is 14.2 Å². The van der Waals surface area contributed by atoms with Gasteiger partial charge >= 0.3 is 0 Å². The minimum atomic E-state index is 0.0227. The lowest BCUT2D eigenvalue weighted by Crippen LogP contribution is -2.02. The van der Waals surface area contributed by atoms with Crippen LogP contribution in [-0.2, 0) is 6.42 Å². The predicted octanol–water partition coefficient (Wildman–Crippen LogP) is 4.37. The number of hydrogen-bond acceptors (Lipinski definition) is 3. The van der Waals surface area contributed by atoms with Crippen molar-refractivity contribution in [2.45, 2.75) is 6.42 Å². The molecule has 0 fully saturated rings. The van der Waals surface area contributed by atoms with Crippen LogP contribution in [0, 0.1) is 6.07 Å². The van der Waals surface area contributed by atoms with Crippen LogP contribution in [-0.4, -0.2) is 25.9 Å². The van der Waals surface area contributed by atoms with E-state index in [-0.39, 0.29) is 6.61 Å². The molecule has 0 aliphatic rings. The van der Waals surface area contributed by atoms with Crippen LogP contribution >= 0.6 is 0 Å². The molecule has 3 heteroatoms. The summed E-state index contributed by atoms with van der Waals surface area (Å²) in [6.07, 6.45) is 0.453. The molecule has 25 heavy (non-hydrogen) atoms. The maximum atomic E-state index is 9.43. The average Bonchev–Trinajstić information content (AvgIpc) is 2.68. The minimum Gasteiger partial charge on any atom is -0.493 e. The summed E-state index contributed by atoms with van der Waals surface area (Å²) < 4.78 is 11.3. The molecule has 3 aromatic carbocycles. The Morgan fingerprint density at radius 2 is 1.36 bits per heavy atom. The van der Waals surface area contributed by atoms with E-state index >= 15 is 0 Å². The molecule has 0 aliphatic heterocycles. The number of aliphatic hydroxyl groups is 1. The average molecular weight is 333 g/mol. The van der Waals surface area contributed by atoms with Crippen molar-refractivity contribution < 1.29 is 14.6 Å². The zero-order valence-electron chi connectivity index (χ0n) is 14.5. The molecule has 1 radical (unpaired) electrons. The molecule has 0 aliphatic carbocycles. The molecule has 3 nitrogen and oxygen atoms in total. The van der Waals surface area contributed by atoms with E-state index in [0.29, 0.717) is 17.9 Å². The van der Waals surface area contributed by atoms with Crippen molar-refractivity contribution in [2.24, 2.45) is 0 Å². The van der Waals surface area contributed by atoms with Gasteiger partial charge in [0, 0.05) is 23.3 Å². The second-order valence-corrected chi connectivity index (χ2v) is 5.63. The van der Waals surface area contributed by atoms with Crippen molar-refractivity contribution in [1.29, 1.82) is 0 Å². The smallest absolute Gasteiger partial charge is 0.169 e. The maximum absolute atomic E-state index is 9.43. The molecule has 0 saturated carbocycles. The van der Waals surface area contributed by atoms with Crippen LogP contribution < -0.4 is 9.47 Å². The third-order valence-electron chi connectivity index (χ3n) is 4.13. The van der Waals surface area contributed by atoms with Gasteiger partial charge in [0.2, 0.25) is 0 Å². The molecule has 0 saturated heterocycles. The highest BCUT2D eigenvalue weighted by atomic mass is 16.5. The van der Waals surface area contributed by atoms with Crippen molar-refractivity contribution in [2.75, 3.05) is 20.8 Å². The van der Waals surface area contributed by atoms with Crippen LogP contribution in [0.15, 0.2) is 60.7 Å². The molecule has 0 amide bonds. The Bertz CT molecular complexity index is 827. The van der Waals surface area contributed by atoms with E-state index in [1.165, 1.54) is 0 Å². The number of ether oxygens (including phenoxy) is 2. The molecule has 0 aromatic heterocycles. The summed E-state index contributed by atoms with van der Waals surface area (Å²) in [5.74, 6) is 1.28. The SMILES string of the molecule is COc1c(CCO)[c]c(-c2ccccc2)c(-c2ccccc2)c1OC. The van der Waals surface area contributed by atoms with Gasteiger partial charge in [-0.05, 0) is 23.6 Å². The van der Waals surface area contributed by atoms with Gasteiger partial charge in [0.25, 0.3) is 0 Å². The van der Waals surface area contributed by atoms with E-state index in [1.807, 2.05) is 60.7 Å². The highest BCUT2D eigenvalue weighted by Gasteiger charge is 2.22. The molecule has 0 atom stereocenters. The predicted molar refractivity (Wildman–Crippen MR) is 100 cm³/mol. The number of hydrogen-bond donors (Lipinski definition) is 1. The number of rotatable bonds is 6. The van der Waals surface area contributed by atoms with Crippen molar-refractivity contribution in [3.8, 4) is 33.8 Å². The van der Waals surface area contributed by atoms with Gasteiger partial charge in [-0.1, -0.05) is 60.7 Å². The molecular weight excluding hydrogens is 312 g/mol. The van der Waals surface area contributed by atoms with Crippen molar-refractivity contribution in [1.82, 2.24) is 0 Å². The lowest BCUT2D eigenvalue weighted by molar-refractivity contribution is 0.294. The lowest BCUT2D eigenvalue weighted by Gasteiger charge is -2.20. The Morgan fingerprint density at radius 3 is 1.88 bits per heavy atom. The van der Waals surface area contributed by atoms with Gasteiger partial charge < -0.3 is 14.6 Å². The fourth-order valence-corrected chi connectivity index (χ4v) is 3.03. The fourth-order valence-electron chi connectivity index (χ4n) is 3.03. The molecule has 0 heterocycles. The summed E-state index contributed by atoms with van der Waals surface area (Å²) in [6, 6.07) is 23.6. The molecule has 0 bridgehead atoms. The lowest BCUT2D eigenvalue weighted by atomic mass is 9.90. The van der Waals surface area contributed by atoms with Gasteiger partial charge in [0.1, 0.15) is 0 Å². The Balaban J connectivity index is 2.36. The van der Waals surface area contributed by atoms with Gasteiger partial charge in [-0.15, -0.1) is 0 Å². The van der Waals surface area contributed by atoms with Crippen LogP contribution in [0.3, 0.4) is 0 Å². The highest BCUT2D eigenvalue weighted by molar-refractivity contribution is 5.90. The second kappa shape index (κ2) is 7.86. The summed E-state index contributed by atoms with van der Waals surface area (Å²) in [7, 11) is 3.26. The van der Waals surface area contributed by atoms with Gasteiger partial charge in [0.15, 0.2) is 11.5 Å². The molecule has 3 aromatic rings. The molecule has 3 rings (SSSR count). The van der Waals surface area contributed by atoms with Crippen LogP contribution in [0.25, 0.3) is 22.3 Å². The first kappa shape index (κ1) is 17.1. The highest BCUT2D eigenvalue weighted by Crippen LogP contribution is 2.46. The number of methoxy groups -OCH3 is 2. The molecular formula is C22H21O3. The monoisotopic (exact) mass is 333 g/mol. The van der Waals surface area contributed by atoms with Crippen molar-refractivity contribution >= 4 is 0 Å². The van der Waals surface area contributed by atoms with E-state index in [2.05, 4.69) is 6.07 Å². The Hall–Kier alpha value is -2.78. The van der Waals surface area contributed by atoms with Crippen LogP contribution in [0.2, 0.25) is 0 Å². The molecule has 0 unspecified atom stereocenters. The van der Waals surface area contributed by atoms with Crippen LogP contribution in [0.1, 0.15) is 5.56 Å². The molecule has 127 valence electrons. The second-order valence-electron chi connectivity index (χ2n) is 5.63. The summed E-state index contributed by atoms with van der Waals surface area (Å²) in [5.41, 5.74) is 4.76. The maximum Gasteiger partial charge on any atom is 0.169 e. The van der Waals surface area contributed by atoms with Crippen molar-refractivity contribution in [3.63, 3.8) is 0 Å². The van der Waals surface area contributed by atoms with E-state index in [0.717, 1.165) is 27.8 Å². The third-order valence-corrected chi connectivity index (χ3v) is 4.13. The molecule has 0 spiro atoms. The number of aliphatic hydroxyl groups excluding tert-OH is 1. The first-order chi connectivity index (χ1) is 12.3. The largest absolute Gasteiger partial charge is 0.493 e. The topological polar surface area (TPSA) is 38.7 Å². The standard InChI is InChI=1S/C22H21O3/c1-24-21-18(13-14-23)15-19(16-9-5-3-6-10-16)20(22(21)25-2)17-11-7-4-8-12-17/h3-12,23H,13-14H2,1-2H3. The van der Waals surface area contributed by atoms with Crippen LogP contribution in [0.4, 0.5) is 0 Å². The van der Waals surface area contributed by atoms with Crippen molar-refractivity contribution in [3.05, 3.63) is 72.3 Å². The van der Waals surface area contributed by atoms with E-state index in [1.54, 1.807) is 14.2 Å². The zero-order chi connectivity index (χ0) is 17.6. The Kier molecular flexibility index (Phi) is 5.36. The van der Waals surface area contributed by atoms with E-state index in [9.17, 15) is 5.11 Å². The summed E-state index contributed by atoms with van der Waals surface area (Å²) in [6.45, 7) is 0.0227.